The Labute approximate surface area is 173 Å². The van der Waals surface area contributed by atoms with Crippen molar-refractivity contribution in [1.29, 1.82) is 0 Å². The molecule has 0 fully saturated rings. The van der Waals surface area contributed by atoms with E-state index in [2.05, 4.69) is 26.2 Å². The van der Waals surface area contributed by atoms with Crippen molar-refractivity contribution in [3.05, 3.63) is 48.0 Å². The second kappa shape index (κ2) is 12.1. The number of hydrogen-bond donors (Lipinski definition) is 2. The first kappa shape index (κ1) is 21.9. The van der Waals surface area contributed by atoms with E-state index >= 15 is 0 Å². The summed E-state index contributed by atoms with van der Waals surface area (Å²) in [5, 5.41) is 27.7. The molecule has 28 heavy (non-hydrogen) atoms. The van der Waals surface area contributed by atoms with E-state index in [-0.39, 0.29) is 11.3 Å². The van der Waals surface area contributed by atoms with Crippen molar-refractivity contribution in [1.82, 2.24) is 0 Å². The van der Waals surface area contributed by atoms with Crippen LogP contribution < -0.4 is 4.74 Å². The summed E-state index contributed by atoms with van der Waals surface area (Å²) in [6.45, 7) is 0.699. The number of halogens is 1. The van der Waals surface area contributed by atoms with Gasteiger partial charge in [-0.15, -0.1) is 0 Å². The number of carboxylic acids is 1. The molecule has 0 radical (unpaired) electrons. The summed E-state index contributed by atoms with van der Waals surface area (Å²) in [5.74, 6) is -0.724. The molecule has 0 aliphatic rings. The Morgan fingerprint density at radius 3 is 2.18 bits per heavy atom. The fourth-order valence-electron chi connectivity index (χ4n) is 2.58. The zero-order chi connectivity index (χ0) is 20.2. The van der Waals surface area contributed by atoms with Crippen molar-refractivity contribution in [2.75, 3.05) is 11.9 Å². The van der Waals surface area contributed by atoms with Gasteiger partial charge in [-0.25, -0.2) is 4.79 Å². The predicted molar refractivity (Wildman–Crippen MR) is 113 cm³/mol. The van der Waals surface area contributed by atoms with Crippen LogP contribution in [0.25, 0.3) is 0 Å². The Morgan fingerprint density at radius 2 is 1.50 bits per heavy atom. The van der Waals surface area contributed by atoms with Crippen LogP contribution in [-0.2, 0) is 0 Å². The number of azo groups is 1. The molecule has 0 aromatic heterocycles. The molecule has 7 heteroatoms. The number of alkyl halides is 1. The summed E-state index contributed by atoms with van der Waals surface area (Å²) >= 11 is 3.44. The van der Waals surface area contributed by atoms with Crippen molar-refractivity contribution < 1.29 is 19.7 Å². The molecule has 0 atom stereocenters. The Balaban J connectivity index is 1.77. The minimum atomic E-state index is -1.21. The molecule has 0 heterocycles. The Bertz CT molecular complexity index is 778. The monoisotopic (exact) mass is 448 g/mol. The van der Waals surface area contributed by atoms with E-state index < -0.39 is 5.97 Å². The predicted octanol–water partition coefficient (Wildman–Crippen LogP) is 6.62. The molecule has 0 saturated carbocycles. The maximum atomic E-state index is 11.0. The van der Waals surface area contributed by atoms with Crippen LogP contribution in [0.15, 0.2) is 52.7 Å². The van der Waals surface area contributed by atoms with Crippen LogP contribution in [0.1, 0.15) is 48.9 Å². The third kappa shape index (κ3) is 7.68. The number of carboxylic acid groups (broad SMARTS) is 1. The van der Waals surface area contributed by atoms with Crippen LogP contribution in [0.2, 0.25) is 0 Å². The van der Waals surface area contributed by atoms with Crippen molar-refractivity contribution >= 4 is 33.3 Å². The average molecular weight is 449 g/mol. The average Bonchev–Trinajstić information content (AvgIpc) is 2.70. The lowest BCUT2D eigenvalue weighted by Crippen LogP contribution is -1.96. The number of aromatic hydroxyl groups is 1. The highest BCUT2D eigenvalue weighted by Gasteiger charge is 2.09. The standard InChI is InChI=1S/C21H25BrN2O4/c22-13-5-3-1-2-4-6-14-28-18-10-7-16(8-11-18)23-24-17-9-12-20(25)19(15-17)21(26)27/h7-12,15,25H,1-6,13-14H2,(H,26,27). The Hall–Kier alpha value is -2.41. The van der Waals surface area contributed by atoms with Gasteiger partial charge >= 0.3 is 5.97 Å². The molecule has 2 N–H and O–H groups in total. The fraction of sp³-hybridized carbons (Fsp3) is 0.381. The zero-order valence-electron chi connectivity index (χ0n) is 15.7. The van der Waals surface area contributed by atoms with Gasteiger partial charge in [0.25, 0.3) is 0 Å². The Morgan fingerprint density at radius 1 is 0.893 bits per heavy atom. The number of aromatic carboxylic acids is 1. The zero-order valence-corrected chi connectivity index (χ0v) is 17.3. The normalized spacial score (nSPS) is 11.0. The lowest BCUT2D eigenvalue weighted by molar-refractivity contribution is 0.0693. The maximum Gasteiger partial charge on any atom is 0.339 e. The number of benzene rings is 2. The van der Waals surface area contributed by atoms with Crippen LogP contribution in [-0.4, -0.2) is 28.1 Å². The van der Waals surface area contributed by atoms with E-state index in [9.17, 15) is 9.90 Å². The van der Waals surface area contributed by atoms with Gasteiger partial charge < -0.3 is 14.9 Å². The molecule has 0 bridgehead atoms. The van der Waals surface area contributed by atoms with Gasteiger partial charge in [-0.3, -0.25) is 0 Å². The molecule has 0 aliphatic heterocycles. The molecule has 0 saturated heterocycles. The number of rotatable bonds is 12. The number of carbonyl (C=O) groups is 1. The largest absolute Gasteiger partial charge is 0.507 e. The van der Waals surface area contributed by atoms with Crippen LogP contribution in [0.3, 0.4) is 0 Å². The molecule has 6 nitrogen and oxygen atoms in total. The fourth-order valence-corrected chi connectivity index (χ4v) is 2.97. The van der Waals surface area contributed by atoms with Crippen LogP contribution in [0, 0.1) is 0 Å². The number of hydrogen-bond acceptors (Lipinski definition) is 5. The summed E-state index contributed by atoms with van der Waals surface area (Å²) in [6, 6.07) is 11.3. The molecule has 2 rings (SSSR count). The highest BCUT2D eigenvalue weighted by Crippen LogP contribution is 2.26. The first-order valence-corrected chi connectivity index (χ1v) is 10.5. The quantitative estimate of drug-likeness (QED) is 0.216. The van der Waals surface area contributed by atoms with Crippen molar-refractivity contribution in [3.63, 3.8) is 0 Å². The molecule has 0 spiro atoms. The molecule has 2 aromatic rings. The van der Waals surface area contributed by atoms with Crippen molar-refractivity contribution in [2.24, 2.45) is 10.2 Å². The Kier molecular flexibility index (Phi) is 9.48. The second-order valence-electron chi connectivity index (χ2n) is 6.36. The minimum Gasteiger partial charge on any atom is -0.507 e. The van der Waals surface area contributed by atoms with E-state index in [4.69, 9.17) is 9.84 Å². The summed E-state index contributed by atoms with van der Waals surface area (Å²) in [4.78, 5) is 11.0. The number of unbranched alkanes of at least 4 members (excludes halogenated alkanes) is 5. The van der Waals surface area contributed by atoms with Gasteiger partial charge in [0.1, 0.15) is 17.1 Å². The van der Waals surface area contributed by atoms with Gasteiger partial charge in [-0.05, 0) is 55.3 Å². The van der Waals surface area contributed by atoms with Crippen LogP contribution in [0.5, 0.6) is 11.5 Å². The summed E-state index contributed by atoms with van der Waals surface area (Å²) in [7, 11) is 0. The highest BCUT2D eigenvalue weighted by atomic mass is 79.9. The van der Waals surface area contributed by atoms with E-state index in [1.165, 1.54) is 50.3 Å². The molecule has 0 amide bonds. The molecule has 150 valence electrons. The summed E-state index contributed by atoms with van der Waals surface area (Å²) in [6.07, 6.45) is 7.27. The minimum absolute atomic E-state index is 0.205. The first-order valence-electron chi connectivity index (χ1n) is 9.37. The molecular weight excluding hydrogens is 424 g/mol. The number of ether oxygens (including phenoxy) is 1. The van der Waals surface area contributed by atoms with Gasteiger partial charge in [0.05, 0.1) is 18.0 Å². The first-order chi connectivity index (χ1) is 13.6. The molecule has 0 unspecified atom stereocenters. The van der Waals surface area contributed by atoms with E-state index in [0.717, 1.165) is 17.5 Å². The van der Waals surface area contributed by atoms with Gasteiger partial charge in [-0.2, -0.15) is 10.2 Å². The van der Waals surface area contributed by atoms with E-state index in [0.29, 0.717) is 18.0 Å². The SMILES string of the molecule is O=C(O)c1cc(N=Nc2ccc(OCCCCCCCCBr)cc2)ccc1O. The highest BCUT2D eigenvalue weighted by molar-refractivity contribution is 9.09. The lowest BCUT2D eigenvalue weighted by atomic mass is 10.1. The smallest absolute Gasteiger partial charge is 0.339 e. The van der Waals surface area contributed by atoms with E-state index in [1.54, 1.807) is 12.1 Å². The maximum absolute atomic E-state index is 11.0. The summed E-state index contributed by atoms with van der Waals surface area (Å²) < 4.78 is 5.73. The van der Waals surface area contributed by atoms with E-state index in [1.807, 2.05) is 12.1 Å². The topological polar surface area (TPSA) is 91.5 Å². The van der Waals surface area contributed by atoms with Crippen molar-refractivity contribution in [2.45, 2.75) is 38.5 Å². The van der Waals surface area contributed by atoms with Gasteiger partial charge in [0, 0.05) is 5.33 Å². The summed E-state index contributed by atoms with van der Waals surface area (Å²) in [5.41, 5.74) is 0.777. The van der Waals surface area contributed by atoms with Crippen molar-refractivity contribution in [3.8, 4) is 11.5 Å². The third-order valence-corrected chi connectivity index (χ3v) is 4.69. The van der Waals surface area contributed by atoms with Crippen LogP contribution in [0.4, 0.5) is 11.4 Å². The van der Waals surface area contributed by atoms with Gasteiger partial charge in [0.15, 0.2) is 0 Å². The number of nitrogens with zero attached hydrogens (tertiary/aromatic N) is 2. The molecule has 2 aromatic carbocycles. The van der Waals surface area contributed by atoms with Crippen LogP contribution >= 0.6 is 15.9 Å². The van der Waals surface area contributed by atoms with Gasteiger partial charge in [0.2, 0.25) is 0 Å². The third-order valence-electron chi connectivity index (χ3n) is 4.12. The number of phenols is 1. The van der Waals surface area contributed by atoms with Gasteiger partial charge in [-0.1, -0.05) is 41.6 Å². The molecule has 0 aliphatic carbocycles. The second-order valence-corrected chi connectivity index (χ2v) is 7.15. The molecular formula is C21H25BrN2O4. The lowest BCUT2D eigenvalue weighted by Gasteiger charge is -2.06.